The van der Waals surface area contributed by atoms with E-state index >= 15 is 0 Å². The third-order valence-electron chi connectivity index (χ3n) is 6.78. The van der Waals surface area contributed by atoms with E-state index in [4.69, 9.17) is 5.73 Å². The Balaban J connectivity index is 1.60. The molecule has 0 atom stereocenters. The lowest BCUT2D eigenvalue weighted by Gasteiger charge is -2.40. The molecule has 6 heteroatoms. The fourth-order valence-corrected chi connectivity index (χ4v) is 5.42. The van der Waals surface area contributed by atoms with Crippen LogP contribution in [0.1, 0.15) is 81.0 Å². The summed E-state index contributed by atoms with van der Waals surface area (Å²) in [5.74, 6) is 0.387. The lowest BCUT2D eigenvalue weighted by Crippen LogP contribution is -2.55. The Morgan fingerprint density at radius 1 is 1.14 bits per heavy atom. The van der Waals surface area contributed by atoms with Crippen LogP contribution in [0.2, 0.25) is 0 Å². The first-order valence-electron chi connectivity index (χ1n) is 10.5. The molecule has 2 amide bonds. The Kier molecular flexibility index (Phi) is 6.20. The number of nitrogens with two attached hydrogens (primary N) is 1. The number of primary amides is 1. The number of hydrogen-bond acceptors (Lipinski definition) is 4. The van der Waals surface area contributed by atoms with E-state index in [2.05, 4.69) is 24.8 Å². The fraction of sp³-hybridized carbons (Fsp3) is 0.727. The summed E-state index contributed by atoms with van der Waals surface area (Å²) in [5.41, 5.74) is 6.15. The van der Waals surface area contributed by atoms with Crippen molar-refractivity contribution in [2.45, 2.75) is 71.3 Å². The van der Waals surface area contributed by atoms with Crippen molar-refractivity contribution in [1.82, 2.24) is 9.80 Å². The molecule has 0 spiro atoms. The number of nitrogens with zero attached hydrogens (tertiary/aromatic N) is 2. The molecule has 0 aromatic carbocycles. The number of amides is 2. The summed E-state index contributed by atoms with van der Waals surface area (Å²) in [7, 11) is 0. The van der Waals surface area contributed by atoms with Crippen molar-refractivity contribution in [2.75, 3.05) is 26.2 Å². The van der Waals surface area contributed by atoms with Gasteiger partial charge in [-0.2, -0.15) is 0 Å². The van der Waals surface area contributed by atoms with E-state index in [9.17, 15) is 9.59 Å². The van der Waals surface area contributed by atoms with Gasteiger partial charge in [0.1, 0.15) is 0 Å². The Labute approximate surface area is 173 Å². The number of rotatable bonds is 4. The monoisotopic (exact) mass is 405 g/mol. The molecule has 2 aliphatic rings. The molecule has 3 heterocycles. The molecule has 5 nitrogen and oxygen atoms in total. The predicted molar refractivity (Wildman–Crippen MR) is 115 cm³/mol. The zero-order valence-electron chi connectivity index (χ0n) is 17.8. The van der Waals surface area contributed by atoms with Crippen molar-refractivity contribution < 1.29 is 9.59 Å². The van der Waals surface area contributed by atoms with E-state index in [-0.39, 0.29) is 11.8 Å². The van der Waals surface area contributed by atoms with Crippen LogP contribution in [-0.2, 0) is 4.79 Å². The van der Waals surface area contributed by atoms with Crippen LogP contribution in [0.3, 0.4) is 0 Å². The summed E-state index contributed by atoms with van der Waals surface area (Å²) in [6, 6.07) is 2.11. The normalized spacial score (nSPS) is 22.1. The topological polar surface area (TPSA) is 66.6 Å². The molecule has 1 aromatic rings. The van der Waals surface area contributed by atoms with Crippen LogP contribution in [0.25, 0.3) is 0 Å². The minimum atomic E-state index is -0.595. The van der Waals surface area contributed by atoms with E-state index < -0.39 is 5.54 Å². The second kappa shape index (κ2) is 8.15. The van der Waals surface area contributed by atoms with Crippen LogP contribution >= 0.6 is 11.3 Å². The van der Waals surface area contributed by atoms with Crippen molar-refractivity contribution in [2.24, 2.45) is 11.1 Å². The third kappa shape index (κ3) is 4.60. The van der Waals surface area contributed by atoms with Crippen LogP contribution in [-0.4, -0.2) is 53.3 Å². The first kappa shape index (κ1) is 21.3. The highest BCUT2D eigenvalue weighted by Crippen LogP contribution is 2.35. The fourth-order valence-electron chi connectivity index (χ4n) is 4.37. The minimum Gasteiger partial charge on any atom is -0.368 e. The molecule has 0 saturated carbocycles. The number of piperidine rings is 1. The van der Waals surface area contributed by atoms with Crippen LogP contribution < -0.4 is 5.73 Å². The van der Waals surface area contributed by atoms with Crippen molar-refractivity contribution in [3.8, 4) is 0 Å². The molecule has 2 saturated heterocycles. The average Bonchev–Trinajstić information content (AvgIpc) is 3.06. The van der Waals surface area contributed by atoms with E-state index in [0.29, 0.717) is 11.3 Å². The third-order valence-corrected chi connectivity index (χ3v) is 7.88. The van der Waals surface area contributed by atoms with Crippen LogP contribution in [0.4, 0.5) is 0 Å². The molecule has 0 aliphatic carbocycles. The summed E-state index contributed by atoms with van der Waals surface area (Å²) in [6.07, 6.45) is 5.35. The quantitative estimate of drug-likeness (QED) is 0.827. The van der Waals surface area contributed by atoms with Gasteiger partial charge >= 0.3 is 0 Å². The average molecular weight is 406 g/mol. The van der Waals surface area contributed by atoms with Gasteiger partial charge in [0.05, 0.1) is 11.1 Å². The zero-order valence-corrected chi connectivity index (χ0v) is 18.6. The molecule has 2 fully saturated rings. The molecule has 1 aromatic heterocycles. The van der Waals surface area contributed by atoms with Crippen molar-refractivity contribution in [3.05, 3.63) is 21.9 Å². The highest BCUT2D eigenvalue weighted by molar-refractivity contribution is 7.10. The lowest BCUT2D eigenvalue weighted by molar-refractivity contribution is -0.129. The molecule has 0 radical (unpaired) electrons. The maximum Gasteiger partial charge on any atom is 0.254 e. The molecule has 28 heavy (non-hydrogen) atoms. The second-order valence-electron chi connectivity index (χ2n) is 9.73. The van der Waals surface area contributed by atoms with Gasteiger partial charge in [-0.1, -0.05) is 13.8 Å². The molecule has 0 bridgehead atoms. The summed E-state index contributed by atoms with van der Waals surface area (Å²) in [5, 5.41) is 2.04. The number of thiophene rings is 1. The van der Waals surface area contributed by atoms with Crippen LogP contribution in [0.15, 0.2) is 11.4 Å². The van der Waals surface area contributed by atoms with Crippen LogP contribution in [0.5, 0.6) is 0 Å². The summed E-state index contributed by atoms with van der Waals surface area (Å²) < 4.78 is 0. The summed E-state index contributed by atoms with van der Waals surface area (Å²) in [6.45, 7) is 11.9. The Bertz CT molecular complexity index is 717. The smallest absolute Gasteiger partial charge is 0.254 e. The van der Waals surface area contributed by atoms with E-state index in [1.165, 1.54) is 11.3 Å². The van der Waals surface area contributed by atoms with Crippen LogP contribution in [0, 0.1) is 5.41 Å². The summed E-state index contributed by atoms with van der Waals surface area (Å²) >= 11 is 1.71. The van der Waals surface area contributed by atoms with E-state index in [1.807, 2.05) is 24.1 Å². The Morgan fingerprint density at radius 2 is 1.82 bits per heavy atom. The number of hydrogen-bond donors (Lipinski definition) is 1. The molecule has 0 unspecified atom stereocenters. The predicted octanol–water partition coefficient (Wildman–Crippen LogP) is 3.84. The standard InChI is InChI=1S/C22H35N3O2S/c1-21(2)8-5-10-24(13-9-21)19(26)17-14-18(28-15-17)16-6-11-25(12-7-16)22(3,4)20(23)27/h14-16H,5-13H2,1-4H3,(H2,23,27). The molecule has 2 N–H and O–H groups in total. The van der Waals surface area contributed by atoms with Gasteiger partial charge in [-0.05, 0) is 76.4 Å². The molecule has 3 rings (SSSR count). The zero-order chi connectivity index (χ0) is 20.5. The van der Waals surface area contributed by atoms with E-state index in [1.54, 1.807) is 11.3 Å². The molecular formula is C22H35N3O2S. The Hall–Kier alpha value is -1.40. The highest BCUT2D eigenvalue weighted by Gasteiger charge is 2.36. The highest BCUT2D eigenvalue weighted by atomic mass is 32.1. The maximum absolute atomic E-state index is 13.0. The second-order valence-corrected chi connectivity index (χ2v) is 10.7. The van der Waals surface area contributed by atoms with Gasteiger partial charge in [-0.3, -0.25) is 14.5 Å². The van der Waals surface area contributed by atoms with Crippen molar-refractivity contribution in [1.29, 1.82) is 0 Å². The van der Waals surface area contributed by atoms with Gasteiger partial charge in [0, 0.05) is 23.3 Å². The Morgan fingerprint density at radius 3 is 2.46 bits per heavy atom. The lowest BCUT2D eigenvalue weighted by atomic mass is 9.85. The van der Waals surface area contributed by atoms with Gasteiger partial charge in [-0.15, -0.1) is 11.3 Å². The molecular weight excluding hydrogens is 370 g/mol. The largest absolute Gasteiger partial charge is 0.368 e. The minimum absolute atomic E-state index is 0.187. The van der Waals surface area contributed by atoms with Gasteiger partial charge < -0.3 is 10.6 Å². The first-order valence-corrected chi connectivity index (χ1v) is 11.4. The number of likely N-dealkylation sites (tertiary alicyclic amines) is 2. The summed E-state index contributed by atoms with van der Waals surface area (Å²) in [4.78, 5) is 30.2. The maximum atomic E-state index is 13.0. The number of carbonyl (C=O) groups excluding carboxylic acids is 2. The van der Waals surface area contributed by atoms with Crippen molar-refractivity contribution in [3.63, 3.8) is 0 Å². The van der Waals surface area contributed by atoms with Gasteiger partial charge in [-0.25, -0.2) is 0 Å². The van der Waals surface area contributed by atoms with Gasteiger partial charge in [0.2, 0.25) is 5.91 Å². The van der Waals surface area contributed by atoms with Gasteiger partial charge in [0.25, 0.3) is 5.91 Å². The molecule has 2 aliphatic heterocycles. The SMILES string of the molecule is CC1(C)CCCN(C(=O)c2csc(C3CCN(C(C)(C)C(N)=O)CC3)c2)CC1. The number of carbonyl (C=O) groups is 2. The van der Waals surface area contributed by atoms with Gasteiger partial charge in [0.15, 0.2) is 0 Å². The van der Waals surface area contributed by atoms with Crippen molar-refractivity contribution >= 4 is 23.2 Å². The van der Waals surface area contributed by atoms with E-state index in [0.717, 1.165) is 57.4 Å². The first-order chi connectivity index (χ1) is 13.1. The molecule has 156 valence electrons.